The molecule has 0 bridgehead atoms. The standard InChI is InChI=1S/C9H12N2O2S/c12-3-1-2-8-10-7-5-14-4-6(7)9(13)11-8/h12H,1-5H2,(H,10,11,13). The molecule has 2 heterocycles. The molecule has 0 fully saturated rings. The van der Waals surface area contributed by atoms with Crippen molar-refractivity contribution in [2.75, 3.05) is 6.61 Å². The van der Waals surface area contributed by atoms with E-state index in [-0.39, 0.29) is 12.2 Å². The fraction of sp³-hybridized carbons (Fsp3) is 0.556. The van der Waals surface area contributed by atoms with Crippen LogP contribution in [0, 0.1) is 0 Å². The normalized spacial score (nSPS) is 14.4. The van der Waals surface area contributed by atoms with E-state index < -0.39 is 0 Å². The fourth-order valence-electron chi connectivity index (χ4n) is 1.48. The number of hydrogen-bond acceptors (Lipinski definition) is 4. The van der Waals surface area contributed by atoms with Crippen LogP contribution in [0.15, 0.2) is 4.79 Å². The van der Waals surface area contributed by atoms with Gasteiger partial charge < -0.3 is 10.1 Å². The van der Waals surface area contributed by atoms with E-state index in [2.05, 4.69) is 9.97 Å². The predicted molar refractivity (Wildman–Crippen MR) is 55.3 cm³/mol. The smallest absolute Gasteiger partial charge is 0.255 e. The van der Waals surface area contributed by atoms with Crippen molar-refractivity contribution in [3.05, 3.63) is 27.4 Å². The van der Waals surface area contributed by atoms with Gasteiger partial charge in [0.25, 0.3) is 5.56 Å². The van der Waals surface area contributed by atoms with Crippen molar-refractivity contribution in [2.24, 2.45) is 0 Å². The van der Waals surface area contributed by atoms with Gasteiger partial charge in [-0.15, -0.1) is 0 Å². The molecule has 1 aromatic heterocycles. The number of aromatic amines is 1. The lowest BCUT2D eigenvalue weighted by molar-refractivity contribution is 0.287. The SMILES string of the molecule is O=c1[nH]c(CCCO)nc2c1CSC2. The number of rotatable bonds is 3. The Morgan fingerprint density at radius 3 is 3.14 bits per heavy atom. The molecule has 5 heteroatoms. The second kappa shape index (κ2) is 4.14. The highest BCUT2D eigenvalue weighted by Crippen LogP contribution is 2.25. The summed E-state index contributed by atoms with van der Waals surface area (Å²) in [5.74, 6) is 2.31. The number of thioether (sulfide) groups is 1. The largest absolute Gasteiger partial charge is 0.396 e. The fourth-order valence-corrected chi connectivity index (χ4v) is 2.51. The maximum absolute atomic E-state index is 11.5. The molecular weight excluding hydrogens is 200 g/mol. The maximum atomic E-state index is 11.5. The van der Waals surface area contributed by atoms with Crippen LogP contribution < -0.4 is 5.56 Å². The second-order valence-corrected chi connectivity index (χ2v) is 4.24. The van der Waals surface area contributed by atoms with Gasteiger partial charge in [0.05, 0.1) is 5.69 Å². The Labute approximate surface area is 85.8 Å². The second-order valence-electron chi connectivity index (χ2n) is 3.26. The number of aliphatic hydroxyl groups excluding tert-OH is 1. The summed E-state index contributed by atoms with van der Waals surface area (Å²) in [6.07, 6.45) is 1.29. The zero-order valence-electron chi connectivity index (χ0n) is 7.75. The van der Waals surface area contributed by atoms with E-state index >= 15 is 0 Å². The quantitative estimate of drug-likeness (QED) is 0.763. The van der Waals surface area contributed by atoms with E-state index in [9.17, 15) is 4.79 Å². The van der Waals surface area contributed by atoms with Gasteiger partial charge in [-0.25, -0.2) is 4.98 Å². The van der Waals surface area contributed by atoms with E-state index in [1.54, 1.807) is 11.8 Å². The zero-order chi connectivity index (χ0) is 9.97. The molecule has 0 spiro atoms. The van der Waals surface area contributed by atoms with Crippen molar-refractivity contribution in [3.63, 3.8) is 0 Å². The number of aromatic nitrogens is 2. The maximum Gasteiger partial charge on any atom is 0.255 e. The highest BCUT2D eigenvalue weighted by Gasteiger charge is 2.17. The molecule has 0 unspecified atom stereocenters. The number of fused-ring (bicyclic) bond motifs is 1. The lowest BCUT2D eigenvalue weighted by Crippen LogP contribution is -2.17. The average Bonchev–Trinajstić information content (AvgIpc) is 2.63. The molecule has 0 aromatic carbocycles. The summed E-state index contributed by atoms with van der Waals surface area (Å²) in [6, 6.07) is 0. The van der Waals surface area contributed by atoms with Gasteiger partial charge in [-0.2, -0.15) is 11.8 Å². The van der Waals surface area contributed by atoms with Crippen molar-refractivity contribution < 1.29 is 5.11 Å². The molecule has 2 rings (SSSR count). The number of nitrogens with one attached hydrogen (secondary N) is 1. The third-order valence-corrected chi connectivity index (χ3v) is 3.18. The molecular formula is C9H12N2O2S. The number of hydrogen-bond donors (Lipinski definition) is 2. The third-order valence-electron chi connectivity index (χ3n) is 2.21. The molecule has 76 valence electrons. The van der Waals surface area contributed by atoms with Gasteiger partial charge in [-0.3, -0.25) is 4.79 Å². The summed E-state index contributed by atoms with van der Waals surface area (Å²) in [7, 11) is 0. The first-order valence-electron chi connectivity index (χ1n) is 4.61. The summed E-state index contributed by atoms with van der Waals surface area (Å²) in [5.41, 5.74) is 1.74. The first-order chi connectivity index (χ1) is 6.81. The van der Waals surface area contributed by atoms with Crippen LogP contribution in [0.3, 0.4) is 0 Å². The molecule has 0 aliphatic carbocycles. The van der Waals surface area contributed by atoms with E-state index in [0.717, 1.165) is 22.8 Å². The van der Waals surface area contributed by atoms with Gasteiger partial charge in [0.1, 0.15) is 5.82 Å². The summed E-state index contributed by atoms with van der Waals surface area (Å²) >= 11 is 1.72. The average molecular weight is 212 g/mol. The van der Waals surface area contributed by atoms with E-state index in [4.69, 9.17) is 5.11 Å². The van der Waals surface area contributed by atoms with Crippen LogP contribution in [0.25, 0.3) is 0 Å². The van der Waals surface area contributed by atoms with Gasteiger partial charge in [-0.1, -0.05) is 0 Å². The van der Waals surface area contributed by atoms with Crippen LogP contribution in [0.1, 0.15) is 23.5 Å². The summed E-state index contributed by atoms with van der Waals surface area (Å²) in [4.78, 5) is 18.6. The van der Waals surface area contributed by atoms with E-state index in [1.165, 1.54) is 0 Å². The molecule has 2 N–H and O–H groups in total. The van der Waals surface area contributed by atoms with Crippen LogP contribution in [-0.2, 0) is 17.9 Å². The molecule has 0 radical (unpaired) electrons. The molecule has 0 saturated carbocycles. The zero-order valence-corrected chi connectivity index (χ0v) is 8.56. The molecule has 0 atom stereocenters. The summed E-state index contributed by atoms with van der Waals surface area (Å²) in [6.45, 7) is 0.134. The topological polar surface area (TPSA) is 66.0 Å². The Bertz CT molecular complexity index is 389. The van der Waals surface area contributed by atoms with Gasteiger partial charge in [0, 0.05) is 30.1 Å². The molecule has 0 amide bonds. The molecule has 1 aliphatic rings. The monoisotopic (exact) mass is 212 g/mol. The first kappa shape index (κ1) is 9.73. The Morgan fingerprint density at radius 1 is 1.50 bits per heavy atom. The van der Waals surface area contributed by atoms with Crippen molar-refractivity contribution >= 4 is 11.8 Å². The minimum absolute atomic E-state index is 0.00654. The minimum atomic E-state index is -0.00654. The van der Waals surface area contributed by atoms with Crippen molar-refractivity contribution in [3.8, 4) is 0 Å². The molecule has 14 heavy (non-hydrogen) atoms. The third kappa shape index (κ3) is 1.83. The lowest BCUT2D eigenvalue weighted by Gasteiger charge is -2.01. The number of aliphatic hydroxyl groups is 1. The Hall–Kier alpha value is -0.810. The van der Waals surface area contributed by atoms with Crippen LogP contribution >= 0.6 is 11.8 Å². The number of H-pyrrole nitrogens is 1. The minimum Gasteiger partial charge on any atom is -0.396 e. The number of aryl methyl sites for hydroxylation is 1. The summed E-state index contributed by atoms with van der Waals surface area (Å²) < 4.78 is 0. The molecule has 0 saturated heterocycles. The van der Waals surface area contributed by atoms with E-state index in [0.29, 0.717) is 18.7 Å². The molecule has 1 aromatic rings. The van der Waals surface area contributed by atoms with Crippen LogP contribution in [-0.4, -0.2) is 21.7 Å². The van der Waals surface area contributed by atoms with Crippen LogP contribution in [0.2, 0.25) is 0 Å². The van der Waals surface area contributed by atoms with Crippen LogP contribution in [0.5, 0.6) is 0 Å². The van der Waals surface area contributed by atoms with Crippen LogP contribution in [0.4, 0.5) is 0 Å². The Balaban J connectivity index is 2.28. The van der Waals surface area contributed by atoms with Crippen molar-refractivity contribution in [2.45, 2.75) is 24.3 Å². The van der Waals surface area contributed by atoms with Gasteiger partial charge in [0.15, 0.2) is 0 Å². The highest BCUT2D eigenvalue weighted by atomic mass is 32.2. The van der Waals surface area contributed by atoms with Crippen molar-refractivity contribution in [1.29, 1.82) is 0 Å². The number of nitrogens with zero attached hydrogens (tertiary/aromatic N) is 1. The van der Waals surface area contributed by atoms with Crippen molar-refractivity contribution in [1.82, 2.24) is 9.97 Å². The van der Waals surface area contributed by atoms with E-state index in [1.807, 2.05) is 0 Å². The van der Waals surface area contributed by atoms with Gasteiger partial charge in [0.2, 0.25) is 0 Å². The van der Waals surface area contributed by atoms with Gasteiger partial charge >= 0.3 is 0 Å². The Morgan fingerprint density at radius 2 is 2.36 bits per heavy atom. The first-order valence-corrected chi connectivity index (χ1v) is 5.76. The molecule has 1 aliphatic heterocycles. The lowest BCUT2D eigenvalue weighted by atomic mass is 10.2. The predicted octanol–water partition coefficient (Wildman–Crippen LogP) is 0.442. The highest BCUT2D eigenvalue weighted by molar-refractivity contribution is 7.98. The summed E-state index contributed by atoms with van der Waals surface area (Å²) in [5, 5.41) is 8.67. The van der Waals surface area contributed by atoms with Gasteiger partial charge in [-0.05, 0) is 6.42 Å². The Kier molecular flexibility index (Phi) is 2.88. The molecule has 4 nitrogen and oxygen atoms in total.